The number of nitrogens with two attached hydrogens (primary N) is 1. The summed E-state index contributed by atoms with van der Waals surface area (Å²) in [6.45, 7) is 2.04. The van der Waals surface area contributed by atoms with Gasteiger partial charge in [-0.05, 0) is 12.1 Å². The lowest BCUT2D eigenvalue weighted by molar-refractivity contribution is 0.599. The van der Waals surface area contributed by atoms with Gasteiger partial charge in [-0.3, -0.25) is 0 Å². The minimum atomic E-state index is -3.02. The lowest BCUT2D eigenvalue weighted by atomic mass is 10.5. The Labute approximate surface area is 76.1 Å². The van der Waals surface area contributed by atoms with E-state index < -0.39 is 9.84 Å². The van der Waals surface area contributed by atoms with Crippen molar-refractivity contribution >= 4 is 21.2 Å². The van der Waals surface area contributed by atoms with E-state index in [1.165, 1.54) is 11.3 Å². The number of hydrogen-bond donors (Lipinski definition) is 1. The zero-order chi connectivity index (χ0) is 9.19. The van der Waals surface area contributed by atoms with Crippen LogP contribution in [0.5, 0.6) is 0 Å². The van der Waals surface area contributed by atoms with Gasteiger partial charge in [0, 0.05) is 11.4 Å². The largest absolute Gasteiger partial charge is 0.326 e. The highest BCUT2D eigenvalue weighted by Gasteiger charge is 2.13. The molecule has 0 aliphatic rings. The van der Waals surface area contributed by atoms with Crippen LogP contribution < -0.4 is 5.73 Å². The zero-order valence-electron chi connectivity index (χ0n) is 6.78. The van der Waals surface area contributed by atoms with Crippen molar-refractivity contribution in [3.8, 4) is 0 Å². The third-order valence-electron chi connectivity index (χ3n) is 1.52. The van der Waals surface area contributed by atoms with Gasteiger partial charge >= 0.3 is 0 Å². The van der Waals surface area contributed by atoms with Crippen LogP contribution in [0.1, 0.15) is 11.8 Å². The first kappa shape index (κ1) is 9.70. The summed E-state index contributed by atoms with van der Waals surface area (Å²) in [4.78, 5) is 0.905. The minimum absolute atomic E-state index is 0.150. The molecule has 0 atom stereocenters. The maximum atomic E-state index is 11.3. The second-order valence-corrected chi connectivity index (χ2v) is 6.00. The molecule has 0 saturated carbocycles. The predicted molar refractivity (Wildman–Crippen MR) is 49.9 cm³/mol. The van der Waals surface area contributed by atoms with Crippen molar-refractivity contribution in [3.05, 3.63) is 17.0 Å². The molecule has 1 aromatic heterocycles. The molecule has 0 aromatic carbocycles. The van der Waals surface area contributed by atoms with Gasteiger partial charge in [0.25, 0.3) is 0 Å². The van der Waals surface area contributed by atoms with E-state index >= 15 is 0 Å². The Balaban J connectivity index is 3.05. The molecule has 1 aromatic rings. The van der Waals surface area contributed by atoms with E-state index in [1.54, 1.807) is 19.1 Å². The van der Waals surface area contributed by atoms with Gasteiger partial charge in [-0.1, -0.05) is 6.92 Å². The Morgan fingerprint density at radius 3 is 2.58 bits per heavy atom. The first-order valence-electron chi connectivity index (χ1n) is 3.61. The molecule has 68 valence electrons. The van der Waals surface area contributed by atoms with Crippen molar-refractivity contribution in [2.75, 3.05) is 5.75 Å². The number of sulfone groups is 1. The van der Waals surface area contributed by atoms with Crippen molar-refractivity contribution in [1.82, 2.24) is 0 Å². The van der Waals surface area contributed by atoms with Crippen molar-refractivity contribution in [2.24, 2.45) is 5.73 Å². The fourth-order valence-electron chi connectivity index (χ4n) is 0.777. The SMILES string of the molecule is CCS(=O)(=O)c1ccc(CN)s1. The first-order valence-corrected chi connectivity index (χ1v) is 6.08. The Morgan fingerprint density at radius 2 is 2.17 bits per heavy atom. The van der Waals surface area contributed by atoms with Crippen molar-refractivity contribution in [3.63, 3.8) is 0 Å². The molecule has 1 heterocycles. The number of thiophene rings is 1. The Bertz CT molecular complexity index is 353. The molecule has 0 fully saturated rings. The maximum Gasteiger partial charge on any atom is 0.187 e. The Hall–Kier alpha value is -0.390. The summed E-state index contributed by atoms with van der Waals surface area (Å²) in [6.07, 6.45) is 0. The van der Waals surface area contributed by atoms with Crippen LogP contribution in [0, 0.1) is 0 Å². The molecule has 0 amide bonds. The molecule has 0 aliphatic heterocycles. The van der Waals surface area contributed by atoms with Crippen LogP contribution in [-0.2, 0) is 16.4 Å². The van der Waals surface area contributed by atoms with E-state index in [0.29, 0.717) is 10.8 Å². The van der Waals surface area contributed by atoms with Gasteiger partial charge < -0.3 is 5.73 Å². The molecule has 3 nitrogen and oxygen atoms in total. The summed E-state index contributed by atoms with van der Waals surface area (Å²) in [6, 6.07) is 3.37. The molecule has 1 rings (SSSR count). The highest BCUT2D eigenvalue weighted by Crippen LogP contribution is 2.21. The quantitative estimate of drug-likeness (QED) is 0.801. The molecular formula is C7H11NO2S2. The molecule has 5 heteroatoms. The summed E-state index contributed by atoms with van der Waals surface area (Å²) in [7, 11) is -3.02. The van der Waals surface area contributed by atoms with Gasteiger partial charge in [-0.15, -0.1) is 11.3 Å². The highest BCUT2D eigenvalue weighted by molar-refractivity contribution is 7.93. The van der Waals surface area contributed by atoms with Crippen molar-refractivity contribution in [1.29, 1.82) is 0 Å². The van der Waals surface area contributed by atoms with E-state index in [2.05, 4.69) is 0 Å². The van der Waals surface area contributed by atoms with Gasteiger partial charge in [0.15, 0.2) is 9.84 Å². The lowest BCUT2D eigenvalue weighted by Crippen LogP contribution is -2.00. The normalized spacial score (nSPS) is 11.8. The van der Waals surface area contributed by atoms with Gasteiger partial charge in [0.1, 0.15) is 4.21 Å². The summed E-state index contributed by atoms with van der Waals surface area (Å²) in [5.74, 6) is 0.150. The second kappa shape index (κ2) is 3.55. The maximum absolute atomic E-state index is 11.3. The topological polar surface area (TPSA) is 60.2 Å². The standard InChI is InChI=1S/C7H11NO2S2/c1-2-12(9,10)7-4-3-6(5-8)11-7/h3-4H,2,5,8H2,1H3. The molecule has 12 heavy (non-hydrogen) atoms. The van der Waals surface area contributed by atoms with E-state index in [0.717, 1.165) is 4.88 Å². The van der Waals surface area contributed by atoms with Crippen LogP contribution in [0.2, 0.25) is 0 Å². The monoisotopic (exact) mass is 205 g/mol. The third kappa shape index (κ3) is 1.85. The molecule has 0 saturated heterocycles. The second-order valence-electron chi connectivity index (χ2n) is 2.33. The fourth-order valence-corrected chi connectivity index (χ4v) is 3.13. The van der Waals surface area contributed by atoms with E-state index in [-0.39, 0.29) is 5.75 Å². The van der Waals surface area contributed by atoms with Crippen LogP contribution in [0.4, 0.5) is 0 Å². The average Bonchev–Trinajstić information content (AvgIpc) is 2.52. The van der Waals surface area contributed by atoms with Crippen LogP contribution in [0.15, 0.2) is 16.3 Å². The third-order valence-corrected chi connectivity index (χ3v) is 4.95. The first-order chi connectivity index (χ1) is 5.60. The van der Waals surface area contributed by atoms with Gasteiger partial charge in [0.2, 0.25) is 0 Å². The molecule has 0 bridgehead atoms. The smallest absolute Gasteiger partial charge is 0.187 e. The van der Waals surface area contributed by atoms with Crippen LogP contribution in [-0.4, -0.2) is 14.2 Å². The molecular weight excluding hydrogens is 194 g/mol. The predicted octanol–water partition coefficient (Wildman–Crippen LogP) is 1.00. The summed E-state index contributed by atoms with van der Waals surface area (Å²) >= 11 is 1.25. The number of rotatable bonds is 3. The van der Waals surface area contributed by atoms with Gasteiger partial charge in [0.05, 0.1) is 5.75 Å². The van der Waals surface area contributed by atoms with Crippen LogP contribution in [0.25, 0.3) is 0 Å². The van der Waals surface area contributed by atoms with Crippen LogP contribution in [0.3, 0.4) is 0 Å². The van der Waals surface area contributed by atoms with Crippen molar-refractivity contribution < 1.29 is 8.42 Å². The summed E-state index contributed by atoms with van der Waals surface area (Å²) < 4.78 is 23.0. The summed E-state index contributed by atoms with van der Waals surface area (Å²) in [5, 5.41) is 0. The number of hydrogen-bond acceptors (Lipinski definition) is 4. The lowest BCUT2D eigenvalue weighted by Gasteiger charge is -1.93. The molecule has 0 spiro atoms. The average molecular weight is 205 g/mol. The molecule has 2 N–H and O–H groups in total. The van der Waals surface area contributed by atoms with Gasteiger partial charge in [-0.2, -0.15) is 0 Å². The highest BCUT2D eigenvalue weighted by atomic mass is 32.2. The van der Waals surface area contributed by atoms with Crippen molar-refractivity contribution in [2.45, 2.75) is 17.7 Å². The van der Waals surface area contributed by atoms with E-state index in [9.17, 15) is 8.42 Å². The summed E-state index contributed by atoms with van der Waals surface area (Å²) in [5.41, 5.74) is 5.36. The van der Waals surface area contributed by atoms with Gasteiger partial charge in [-0.25, -0.2) is 8.42 Å². The van der Waals surface area contributed by atoms with E-state index in [4.69, 9.17) is 5.73 Å². The molecule has 0 aliphatic carbocycles. The zero-order valence-corrected chi connectivity index (χ0v) is 8.41. The Kier molecular flexibility index (Phi) is 2.87. The van der Waals surface area contributed by atoms with Crippen LogP contribution >= 0.6 is 11.3 Å². The molecule has 0 radical (unpaired) electrons. The fraction of sp³-hybridized carbons (Fsp3) is 0.429. The van der Waals surface area contributed by atoms with E-state index in [1.807, 2.05) is 0 Å². The minimum Gasteiger partial charge on any atom is -0.326 e. The Morgan fingerprint density at radius 1 is 1.50 bits per heavy atom. The molecule has 0 unspecified atom stereocenters.